The second-order valence-electron chi connectivity index (χ2n) is 6.41. The summed E-state index contributed by atoms with van der Waals surface area (Å²) in [4.78, 5) is 26.5. The summed E-state index contributed by atoms with van der Waals surface area (Å²) >= 11 is 1.53. The van der Waals surface area contributed by atoms with Gasteiger partial charge in [-0.3, -0.25) is 4.79 Å². The Labute approximate surface area is 139 Å². The third-order valence-electron chi connectivity index (χ3n) is 4.68. The molecule has 1 N–H and O–H groups in total. The number of aryl methyl sites for hydroxylation is 2. The van der Waals surface area contributed by atoms with Crippen LogP contribution in [0.5, 0.6) is 0 Å². The molecule has 0 bridgehead atoms. The molecule has 23 heavy (non-hydrogen) atoms. The lowest BCUT2D eigenvalue weighted by Crippen LogP contribution is -2.12. The van der Waals surface area contributed by atoms with Crippen molar-refractivity contribution in [3.05, 3.63) is 23.3 Å². The summed E-state index contributed by atoms with van der Waals surface area (Å²) in [5, 5.41) is 3.47. The SMILES string of the molecule is CC(=O)Nc1nc2c(s1)-c1nc(C3CCCCC3)ncc1CC2. The smallest absolute Gasteiger partial charge is 0.223 e. The van der Waals surface area contributed by atoms with E-state index in [1.165, 1.54) is 55.9 Å². The van der Waals surface area contributed by atoms with E-state index in [-0.39, 0.29) is 5.91 Å². The minimum atomic E-state index is -0.0816. The van der Waals surface area contributed by atoms with Crippen LogP contribution in [0, 0.1) is 0 Å². The van der Waals surface area contributed by atoms with Crippen molar-refractivity contribution in [1.82, 2.24) is 15.0 Å². The fourth-order valence-electron chi connectivity index (χ4n) is 3.52. The number of amides is 1. The predicted octanol–water partition coefficient (Wildman–Crippen LogP) is 3.70. The van der Waals surface area contributed by atoms with Gasteiger partial charge in [0, 0.05) is 19.0 Å². The number of hydrogen-bond donors (Lipinski definition) is 1. The van der Waals surface area contributed by atoms with Crippen LogP contribution in [-0.2, 0) is 17.6 Å². The summed E-state index contributed by atoms with van der Waals surface area (Å²) in [5.74, 6) is 1.41. The van der Waals surface area contributed by atoms with Crippen LogP contribution in [-0.4, -0.2) is 20.9 Å². The molecule has 120 valence electrons. The van der Waals surface area contributed by atoms with Crippen molar-refractivity contribution in [3.8, 4) is 10.6 Å². The van der Waals surface area contributed by atoms with Gasteiger partial charge in [-0.2, -0.15) is 0 Å². The van der Waals surface area contributed by atoms with Gasteiger partial charge < -0.3 is 5.32 Å². The number of nitrogens with zero attached hydrogens (tertiary/aromatic N) is 3. The number of fused-ring (bicyclic) bond motifs is 3. The zero-order valence-electron chi connectivity index (χ0n) is 13.3. The van der Waals surface area contributed by atoms with Crippen molar-refractivity contribution in [1.29, 1.82) is 0 Å². The lowest BCUT2D eigenvalue weighted by Gasteiger charge is -2.22. The van der Waals surface area contributed by atoms with Crippen LogP contribution in [0.2, 0.25) is 0 Å². The highest BCUT2D eigenvalue weighted by molar-refractivity contribution is 7.19. The van der Waals surface area contributed by atoms with Crippen LogP contribution in [0.15, 0.2) is 6.20 Å². The second kappa shape index (κ2) is 6.00. The molecule has 0 radical (unpaired) electrons. The number of nitrogens with one attached hydrogen (secondary N) is 1. The molecule has 6 heteroatoms. The molecule has 1 amide bonds. The first-order valence-corrected chi connectivity index (χ1v) is 9.16. The summed E-state index contributed by atoms with van der Waals surface area (Å²) in [6, 6.07) is 0. The highest BCUT2D eigenvalue weighted by Crippen LogP contribution is 2.39. The molecule has 0 aliphatic heterocycles. The van der Waals surface area contributed by atoms with Crippen LogP contribution < -0.4 is 5.32 Å². The van der Waals surface area contributed by atoms with E-state index < -0.39 is 0 Å². The van der Waals surface area contributed by atoms with Crippen LogP contribution in [0.1, 0.15) is 62.0 Å². The molecule has 2 aromatic rings. The molecule has 2 aromatic heterocycles. The number of hydrogen-bond acceptors (Lipinski definition) is 5. The van der Waals surface area contributed by atoms with Crippen molar-refractivity contribution in [2.75, 3.05) is 5.32 Å². The average Bonchev–Trinajstić information content (AvgIpc) is 2.97. The van der Waals surface area contributed by atoms with Crippen molar-refractivity contribution in [2.45, 2.75) is 57.8 Å². The van der Waals surface area contributed by atoms with Crippen molar-refractivity contribution >= 4 is 22.4 Å². The monoisotopic (exact) mass is 328 g/mol. The van der Waals surface area contributed by atoms with E-state index in [4.69, 9.17) is 4.98 Å². The molecule has 1 saturated carbocycles. The normalized spacial score (nSPS) is 17.4. The molecule has 1 fully saturated rings. The van der Waals surface area contributed by atoms with Crippen LogP contribution in [0.4, 0.5) is 5.13 Å². The lowest BCUT2D eigenvalue weighted by molar-refractivity contribution is -0.114. The van der Waals surface area contributed by atoms with E-state index in [0.29, 0.717) is 11.0 Å². The minimum Gasteiger partial charge on any atom is -0.302 e. The van der Waals surface area contributed by atoms with Gasteiger partial charge in [0.25, 0.3) is 0 Å². The van der Waals surface area contributed by atoms with E-state index in [0.717, 1.165) is 34.9 Å². The fraction of sp³-hybridized carbons (Fsp3) is 0.529. The van der Waals surface area contributed by atoms with E-state index in [1.54, 1.807) is 0 Å². The first-order valence-electron chi connectivity index (χ1n) is 8.34. The van der Waals surface area contributed by atoms with Gasteiger partial charge in [-0.25, -0.2) is 15.0 Å². The molecule has 2 aliphatic rings. The van der Waals surface area contributed by atoms with Gasteiger partial charge in [0.1, 0.15) is 5.82 Å². The molecule has 4 rings (SSSR count). The van der Waals surface area contributed by atoms with Gasteiger partial charge >= 0.3 is 0 Å². The molecular weight excluding hydrogens is 308 g/mol. The molecule has 2 heterocycles. The zero-order valence-corrected chi connectivity index (χ0v) is 14.1. The molecule has 0 aromatic carbocycles. The number of thiazole rings is 1. The standard InChI is InChI=1S/C17H20N4OS/c1-10(22)19-17-20-13-8-7-12-9-18-16(11-5-3-2-4-6-11)21-14(12)15(13)23-17/h9,11H,2-8H2,1H3,(H,19,20,22). The Morgan fingerprint density at radius 1 is 1.22 bits per heavy atom. The van der Waals surface area contributed by atoms with Crippen molar-refractivity contribution in [3.63, 3.8) is 0 Å². The van der Waals surface area contributed by atoms with E-state index in [1.807, 2.05) is 6.20 Å². The molecule has 0 saturated heterocycles. The number of aromatic nitrogens is 3. The maximum atomic E-state index is 11.3. The maximum Gasteiger partial charge on any atom is 0.223 e. The first-order chi connectivity index (χ1) is 11.2. The second-order valence-corrected chi connectivity index (χ2v) is 7.41. The van der Waals surface area contributed by atoms with Gasteiger partial charge in [-0.15, -0.1) is 0 Å². The predicted molar refractivity (Wildman–Crippen MR) is 90.7 cm³/mol. The van der Waals surface area contributed by atoms with Gasteiger partial charge in [0.2, 0.25) is 5.91 Å². The Morgan fingerprint density at radius 2 is 2.04 bits per heavy atom. The highest BCUT2D eigenvalue weighted by Gasteiger charge is 2.25. The van der Waals surface area contributed by atoms with Crippen LogP contribution in [0.25, 0.3) is 10.6 Å². The molecule has 0 spiro atoms. The minimum absolute atomic E-state index is 0.0816. The first kappa shape index (κ1) is 14.8. The number of carbonyl (C=O) groups is 1. The van der Waals surface area contributed by atoms with Gasteiger partial charge in [-0.1, -0.05) is 30.6 Å². The van der Waals surface area contributed by atoms with E-state index in [9.17, 15) is 4.79 Å². The summed E-state index contributed by atoms with van der Waals surface area (Å²) in [7, 11) is 0. The Bertz CT molecular complexity index is 749. The van der Waals surface area contributed by atoms with Gasteiger partial charge in [-0.05, 0) is 31.2 Å². The van der Waals surface area contributed by atoms with Crippen LogP contribution in [0.3, 0.4) is 0 Å². The third-order valence-corrected chi connectivity index (χ3v) is 5.70. The highest BCUT2D eigenvalue weighted by atomic mass is 32.1. The molecule has 0 unspecified atom stereocenters. The van der Waals surface area contributed by atoms with Crippen LogP contribution >= 0.6 is 11.3 Å². The summed E-state index contributed by atoms with van der Waals surface area (Å²) in [5.41, 5.74) is 3.30. The Hall–Kier alpha value is -1.82. The van der Waals surface area contributed by atoms with E-state index in [2.05, 4.69) is 15.3 Å². The molecule has 2 aliphatic carbocycles. The maximum absolute atomic E-state index is 11.3. The van der Waals surface area contributed by atoms with E-state index >= 15 is 0 Å². The molecular formula is C17H20N4OS. The summed E-state index contributed by atoms with van der Waals surface area (Å²) < 4.78 is 0. The topological polar surface area (TPSA) is 67.8 Å². The quantitative estimate of drug-likeness (QED) is 0.912. The van der Waals surface area contributed by atoms with Crippen molar-refractivity contribution < 1.29 is 4.79 Å². The largest absolute Gasteiger partial charge is 0.302 e. The Kier molecular flexibility index (Phi) is 3.85. The third kappa shape index (κ3) is 2.87. The number of anilines is 1. The van der Waals surface area contributed by atoms with Crippen molar-refractivity contribution in [2.24, 2.45) is 0 Å². The van der Waals surface area contributed by atoms with Gasteiger partial charge in [0.15, 0.2) is 5.13 Å². The zero-order chi connectivity index (χ0) is 15.8. The average molecular weight is 328 g/mol. The van der Waals surface area contributed by atoms with Gasteiger partial charge in [0.05, 0.1) is 16.3 Å². The number of rotatable bonds is 2. The Balaban J connectivity index is 1.70. The number of carbonyl (C=O) groups excluding carboxylic acids is 1. The molecule has 0 atom stereocenters. The fourth-order valence-corrected chi connectivity index (χ4v) is 4.60. The molecule has 5 nitrogen and oxygen atoms in total. The Morgan fingerprint density at radius 3 is 2.83 bits per heavy atom. The lowest BCUT2D eigenvalue weighted by atomic mass is 9.88. The summed E-state index contributed by atoms with van der Waals surface area (Å²) in [6.45, 7) is 1.51. The summed E-state index contributed by atoms with van der Waals surface area (Å²) in [6.07, 6.45) is 10.1.